The summed E-state index contributed by atoms with van der Waals surface area (Å²) in [5.74, 6) is 0. The lowest BCUT2D eigenvalue weighted by atomic mass is 9.99. The second-order valence-electron chi connectivity index (χ2n) is 8.94. The van der Waals surface area contributed by atoms with Gasteiger partial charge in [0.25, 0.3) is 0 Å². The van der Waals surface area contributed by atoms with E-state index in [9.17, 15) is 25.5 Å². The van der Waals surface area contributed by atoms with Crippen LogP contribution in [0.2, 0.25) is 0 Å². The lowest BCUT2D eigenvalue weighted by Crippen LogP contribution is -2.59. The molecule has 8 heteroatoms. The molecule has 1 heterocycles. The molecule has 0 aromatic rings. The molecule has 0 aromatic carbocycles. The van der Waals surface area contributed by atoms with Crippen LogP contribution in [0.4, 0.5) is 0 Å². The third kappa shape index (κ3) is 11.4. The topological polar surface area (TPSA) is 146 Å². The summed E-state index contributed by atoms with van der Waals surface area (Å²) in [6.45, 7) is 1.66. The first-order chi connectivity index (χ1) is 14.9. The summed E-state index contributed by atoms with van der Waals surface area (Å²) < 4.78 is 10.7. The number of unbranched alkanes of at least 4 members (excludes halogenated alkanes) is 11. The molecule has 1 fully saturated rings. The van der Waals surface area contributed by atoms with Crippen molar-refractivity contribution in [3.8, 4) is 0 Å². The first-order valence-electron chi connectivity index (χ1n) is 12.3. The molecule has 0 saturated carbocycles. The SMILES string of the molecule is CCCCCCCCCCCCCCC(O)C(N)COC1OC(CO)C(O)C(O)C1O. The van der Waals surface area contributed by atoms with Crippen molar-refractivity contribution in [2.75, 3.05) is 13.2 Å². The molecule has 8 nitrogen and oxygen atoms in total. The van der Waals surface area contributed by atoms with E-state index in [1.165, 1.54) is 64.2 Å². The van der Waals surface area contributed by atoms with Crippen molar-refractivity contribution < 1.29 is 35.0 Å². The molecule has 0 bridgehead atoms. The van der Waals surface area contributed by atoms with E-state index in [1.54, 1.807) is 0 Å². The molecule has 0 amide bonds. The fraction of sp³-hybridized carbons (Fsp3) is 1.00. The minimum Gasteiger partial charge on any atom is -0.394 e. The van der Waals surface area contributed by atoms with Gasteiger partial charge in [0.05, 0.1) is 25.4 Å². The van der Waals surface area contributed by atoms with Crippen molar-refractivity contribution in [2.45, 2.75) is 133 Å². The quantitative estimate of drug-likeness (QED) is 0.173. The van der Waals surface area contributed by atoms with Gasteiger partial charge < -0.3 is 40.7 Å². The normalized spacial score (nSPS) is 28.5. The minimum atomic E-state index is -1.49. The van der Waals surface area contributed by atoms with E-state index in [-0.39, 0.29) is 6.61 Å². The molecule has 0 aromatic heterocycles. The number of aliphatic hydroxyl groups excluding tert-OH is 5. The Hall–Kier alpha value is -0.320. The fourth-order valence-corrected chi connectivity index (χ4v) is 3.93. The molecule has 0 radical (unpaired) electrons. The molecule has 1 rings (SSSR count). The zero-order valence-corrected chi connectivity index (χ0v) is 19.3. The number of hydrogen-bond donors (Lipinski definition) is 6. The Kier molecular flexibility index (Phi) is 15.9. The minimum absolute atomic E-state index is 0.0673. The van der Waals surface area contributed by atoms with Crippen LogP contribution < -0.4 is 5.73 Å². The third-order valence-electron chi connectivity index (χ3n) is 6.15. The van der Waals surface area contributed by atoms with E-state index in [1.807, 2.05) is 0 Å². The standard InChI is InChI=1S/C23H47NO7/c1-2-3-4-5-6-7-8-9-10-11-12-13-14-18(26)17(24)16-30-23-22(29)21(28)20(27)19(15-25)31-23/h17-23,25-29H,2-16,24H2,1H3. The highest BCUT2D eigenvalue weighted by Crippen LogP contribution is 2.22. The van der Waals surface area contributed by atoms with E-state index in [4.69, 9.17) is 15.2 Å². The molecule has 1 aliphatic rings. The fourth-order valence-electron chi connectivity index (χ4n) is 3.93. The van der Waals surface area contributed by atoms with Gasteiger partial charge in [0.1, 0.15) is 24.4 Å². The van der Waals surface area contributed by atoms with Crippen LogP contribution in [0, 0.1) is 0 Å². The zero-order chi connectivity index (χ0) is 23.1. The summed E-state index contributed by atoms with van der Waals surface area (Å²) in [5.41, 5.74) is 5.97. The summed E-state index contributed by atoms with van der Waals surface area (Å²) in [5, 5.41) is 48.9. The van der Waals surface area contributed by atoms with E-state index < -0.39 is 49.5 Å². The van der Waals surface area contributed by atoms with Crippen LogP contribution in [0.1, 0.15) is 90.4 Å². The van der Waals surface area contributed by atoms with Gasteiger partial charge in [-0.2, -0.15) is 0 Å². The molecule has 1 aliphatic heterocycles. The van der Waals surface area contributed by atoms with Crippen LogP contribution in [0.25, 0.3) is 0 Å². The van der Waals surface area contributed by atoms with Gasteiger partial charge in [-0.1, -0.05) is 84.0 Å². The van der Waals surface area contributed by atoms with Crippen molar-refractivity contribution >= 4 is 0 Å². The van der Waals surface area contributed by atoms with Gasteiger partial charge in [-0.25, -0.2) is 0 Å². The number of rotatable bonds is 18. The van der Waals surface area contributed by atoms with Crippen molar-refractivity contribution in [3.63, 3.8) is 0 Å². The maximum absolute atomic E-state index is 10.2. The first kappa shape index (κ1) is 28.7. The number of hydrogen-bond acceptors (Lipinski definition) is 8. The Morgan fingerprint density at radius 3 is 1.84 bits per heavy atom. The van der Waals surface area contributed by atoms with Crippen molar-refractivity contribution in [1.29, 1.82) is 0 Å². The van der Waals surface area contributed by atoms with Crippen LogP contribution >= 0.6 is 0 Å². The lowest BCUT2D eigenvalue weighted by molar-refractivity contribution is -0.302. The van der Waals surface area contributed by atoms with Crippen LogP contribution in [0.3, 0.4) is 0 Å². The first-order valence-corrected chi connectivity index (χ1v) is 12.3. The summed E-state index contributed by atoms with van der Waals surface area (Å²) in [6.07, 6.45) is 8.27. The van der Waals surface area contributed by atoms with Crippen molar-refractivity contribution in [2.24, 2.45) is 5.73 Å². The van der Waals surface area contributed by atoms with E-state index >= 15 is 0 Å². The van der Waals surface area contributed by atoms with Crippen LogP contribution in [0.5, 0.6) is 0 Å². The number of ether oxygens (including phenoxy) is 2. The Balaban J connectivity index is 2.06. The monoisotopic (exact) mass is 449 g/mol. The third-order valence-corrected chi connectivity index (χ3v) is 6.15. The molecular formula is C23H47NO7. The van der Waals surface area contributed by atoms with Gasteiger partial charge >= 0.3 is 0 Å². The number of aliphatic hydroxyl groups is 5. The van der Waals surface area contributed by atoms with Crippen LogP contribution in [-0.4, -0.2) is 81.6 Å². The Labute approximate surface area is 187 Å². The van der Waals surface area contributed by atoms with E-state index in [0.29, 0.717) is 6.42 Å². The molecule has 31 heavy (non-hydrogen) atoms. The maximum Gasteiger partial charge on any atom is 0.186 e. The van der Waals surface area contributed by atoms with E-state index in [0.717, 1.165) is 12.8 Å². The smallest absolute Gasteiger partial charge is 0.186 e. The Morgan fingerprint density at radius 1 is 0.806 bits per heavy atom. The predicted molar refractivity (Wildman–Crippen MR) is 119 cm³/mol. The number of nitrogens with two attached hydrogens (primary N) is 1. The van der Waals surface area contributed by atoms with Gasteiger partial charge in [-0.3, -0.25) is 0 Å². The molecule has 7 atom stereocenters. The molecule has 7 N–H and O–H groups in total. The lowest BCUT2D eigenvalue weighted by Gasteiger charge is -2.40. The van der Waals surface area contributed by atoms with Gasteiger partial charge in [0.15, 0.2) is 6.29 Å². The van der Waals surface area contributed by atoms with Crippen LogP contribution in [-0.2, 0) is 9.47 Å². The average Bonchev–Trinajstić information content (AvgIpc) is 2.77. The van der Waals surface area contributed by atoms with Gasteiger partial charge in [-0.05, 0) is 6.42 Å². The second-order valence-corrected chi connectivity index (χ2v) is 8.94. The molecule has 186 valence electrons. The zero-order valence-electron chi connectivity index (χ0n) is 19.3. The van der Waals surface area contributed by atoms with E-state index in [2.05, 4.69) is 6.92 Å². The average molecular weight is 450 g/mol. The summed E-state index contributed by atoms with van der Waals surface area (Å²) in [7, 11) is 0. The highest BCUT2D eigenvalue weighted by Gasteiger charge is 2.44. The largest absolute Gasteiger partial charge is 0.394 e. The molecule has 7 unspecified atom stereocenters. The van der Waals surface area contributed by atoms with Gasteiger partial charge in [0.2, 0.25) is 0 Å². The van der Waals surface area contributed by atoms with Crippen molar-refractivity contribution in [1.82, 2.24) is 0 Å². The van der Waals surface area contributed by atoms with Crippen LogP contribution in [0.15, 0.2) is 0 Å². The summed E-state index contributed by atoms with van der Waals surface area (Å²) in [6, 6.07) is -0.653. The molecular weight excluding hydrogens is 402 g/mol. The second kappa shape index (κ2) is 17.2. The maximum atomic E-state index is 10.2. The highest BCUT2D eigenvalue weighted by molar-refractivity contribution is 4.89. The predicted octanol–water partition coefficient (Wildman–Crippen LogP) is 1.58. The highest BCUT2D eigenvalue weighted by atomic mass is 16.7. The van der Waals surface area contributed by atoms with Crippen molar-refractivity contribution in [3.05, 3.63) is 0 Å². The Morgan fingerprint density at radius 2 is 1.32 bits per heavy atom. The summed E-state index contributed by atoms with van der Waals surface area (Å²) >= 11 is 0. The Bertz CT molecular complexity index is 427. The van der Waals surface area contributed by atoms with Gasteiger partial charge in [-0.15, -0.1) is 0 Å². The molecule has 1 saturated heterocycles. The van der Waals surface area contributed by atoms with Gasteiger partial charge in [0, 0.05) is 0 Å². The summed E-state index contributed by atoms with van der Waals surface area (Å²) in [4.78, 5) is 0. The molecule has 0 spiro atoms. The molecule has 0 aliphatic carbocycles.